The molecule has 0 amide bonds. The van der Waals surface area contributed by atoms with Crippen molar-refractivity contribution in [3.8, 4) is 0 Å². The van der Waals surface area contributed by atoms with Crippen molar-refractivity contribution in [1.29, 1.82) is 0 Å². The first kappa shape index (κ1) is 11.1. The van der Waals surface area contributed by atoms with Crippen LogP contribution in [0.2, 0.25) is 0 Å². The van der Waals surface area contributed by atoms with Gasteiger partial charge >= 0.3 is 5.97 Å². The smallest absolute Gasteiger partial charge is 0.326 e. The molecule has 0 heterocycles. The molecule has 0 saturated carbocycles. The number of carbonyl (C=O) groups excluding carboxylic acids is 1. The lowest BCUT2D eigenvalue weighted by molar-refractivity contribution is -0.150. The molecule has 0 bridgehead atoms. The van der Waals surface area contributed by atoms with Gasteiger partial charge in [-0.3, -0.25) is 4.79 Å². The fourth-order valence-corrected chi connectivity index (χ4v) is 2.21. The topological polar surface area (TPSA) is 52.3 Å². The van der Waals surface area contributed by atoms with Crippen molar-refractivity contribution in [2.24, 2.45) is 5.73 Å². The highest BCUT2D eigenvalue weighted by Crippen LogP contribution is 2.27. The molecule has 2 N–H and O–H groups in total. The van der Waals surface area contributed by atoms with Gasteiger partial charge in [-0.25, -0.2) is 0 Å². The second kappa shape index (κ2) is 4.26. The summed E-state index contributed by atoms with van der Waals surface area (Å²) in [5.74, 6) is -0.274. The third kappa shape index (κ3) is 1.95. The Morgan fingerprint density at radius 1 is 1.44 bits per heavy atom. The normalized spacial score (nSPS) is 23.6. The van der Waals surface area contributed by atoms with Crippen LogP contribution in [0.25, 0.3) is 0 Å². The Morgan fingerprint density at radius 3 is 2.81 bits per heavy atom. The Morgan fingerprint density at radius 2 is 2.12 bits per heavy atom. The molecule has 0 saturated heterocycles. The molecule has 1 atom stereocenters. The number of rotatable bonds is 2. The van der Waals surface area contributed by atoms with Crippen LogP contribution >= 0.6 is 0 Å². The predicted octanol–water partition coefficient (Wildman–Crippen LogP) is 1.44. The summed E-state index contributed by atoms with van der Waals surface area (Å²) in [5, 5.41) is 0. The highest BCUT2D eigenvalue weighted by Gasteiger charge is 2.38. The van der Waals surface area contributed by atoms with E-state index in [1.54, 1.807) is 6.92 Å². The molecule has 1 unspecified atom stereocenters. The van der Waals surface area contributed by atoms with E-state index in [1.807, 2.05) is 18.2 Å². The van der Waals surface area contributed by atoms with Gasteiger partial charge in [-0.05, 0) is 30.9 Å². The molecule has 3 nitrogen and oxygen atoms in total. The summed E-state index contributed by atoms with van der Waals surface area (Å²) in [7, 11) is 0. The lowest BCUT2D eigenvalue weighted by Gasteiger charge is -2.32. The zero-order chi connectivity index (χ0) is 11.6. The second-order valence-corrected chi connectivity index (χ2v) is 4.32. The van der Waals surface area contributed by atoms with E-state index in [0.29, 0.717) is 19.4 Å². The summed E-state index contributed by atoms with van der Waals surface area (Å²) >= 11 is 0. The lowest BCUT2D eigenvalue weighted by atomic mass is 9.79. The third-order valence-corrected chi connectivity index (χ3v) is 3.15. The highest BCUT2D eigenvalue weighted by atomic mass is 16.5. The summed E-state index contributed by atoms with van der Waals surface area (Å²) in [6.07, 6.45) is 2.11. The molecule has 86 valence electrons. The van der Waals surface area contributed by atoms with Crippen LogP contribution in [0, 0.1) is 0 Å². The molecule has 0 radical (unpaired) electrons. The third-order valence-electron chi connectivity index (χ3n) is 3.15. The summed E-state index contributed by atoms with van der Waals surface area (Å²) in [5.41, 5.74) is 7.77. The second-order valence-electron chi connectivity index (χ2n) is 4.32. The highest BCUT2D eigenvalue weighted by molar-refractivity contribution is 5.81. The number of hydrogen-bond donors (Lipinski definition) is 1. The number of nitrogens with two attached hydrogens (primary N) is 1. The number of esters is 1. The summed E-state index contributed by atoms with van der Waals surface area (Å²) in [4.78, 5) is 11.8. The van der Waals surface area contributed by atoms with Crippen molar-refractivity contribution in [2.75, 3.05) is 6.61 Å². The molecular weight excluding hydrogens is 202 g/mol. The van der Waals surface area contributed by atoms with E-state index in [0.717, 1.165) is 6.42 Å². The van der Waals surface area contributed by atoms with E-state index in [4.69, 9.17) is 10.5 Å². The number of fused-ring (bicyclic) bond motifs is 1. The van der Waals surface area contributed by atoms with Gasteiger partial charge in [0.2, 0.25) is 0 Å². The van der Waals surface area contributed by atoms with E-state index in [9.17, 15) is 4.79 Å². The van der Waals surface area contributed by atoms with Gasteiger partial charge in [-0.2, -0.15) is 0 Å². The Labute approximate surface area is 95.6 Å². The van der Waals surface area contributed by atoms with Gasteiger partial charge < -0.3 is 10.5 Å². The molecular formula is C13H17NO2. The minimum atomic E-state index is -0.829. The monoisotopic (exact) mass is 219 g/mol. The molecule has 0 fully saturated rings. The van der Waals surface area contributed by atoms with Crippen molar-refractivity contribution in [3.63, 3.8) is 0 Å². The molecule has 16 heavy (non-hydrogen) atoms. The minimum Gasteiger partial charge on any atom is -0.465 e. The lowest BCUT2D eigenvalue weighted by Crippen LogP contribution is -2.53. The van der Waals surface area contributed by atoms with E-state index in [1.165, 1.54) is 11.1 Å². The van der Waals surface area contributed by atoms with Gasteiger partial charge in [0.05, 0.1) is 6.61 Å². The fourth-order valence-electron chi connectivity index (χ4n) is 2.21. The van der Waals surface area contributed by atoms with E-state index in [-0.39, 0.29) is 5.97 Å². The molecule has 0 spiro atoms. The minimum absolute atomic E-state index is 0.274. The van der Waals surface area contributed by atoms with Gasteiger partial charge in [0.25, 0.3) is 0 Å². The van der Waals surface area contributed by atoms with Crippen molar-refractivity contribution in [2.45, 2.75) is 31.7 Å². The number of aryl methyl sites for hydroxylation is 1. The van der Waals surface area contributed by atoms with Gasteiger partial charge in [0, 0.05) is 6.42 Å². The van der Waals surface area contributed by atoms with Crippen LogP contribution in [-0.4, -0.2) is 18.1 Å². The van der Waals surface area contributed by atoms with Crippen molar-refractivity contribution in [1.82, 2.24) is 0 Å². The van der Waals surface area contributed by atoms with Crippen LogP contribution in [-0.2, 0) is 22.4 Å². The van der Waals surface area contributed by atoms with Crippen LogP contribution in [0.5, 0.6) is 0 Å². The van der Waals surface area contributed by atoms with Gasteiger partial charge in [0.1, 0.15) is 5.54 Å². The summed E-state index contributed by atoms with van der Waals surface area (Å²) in [6.45, 7) is 2.19. The predicted molar refractivity (Wildman–Crippen MR) is 62.0 cm³/mol. The molecule has 1 aromatic rings. The molecule has 0 aromatic heterocycles. The summed E-state index contributed by atoms with van der Waals surface area (Å²) < 4.78 is 5.04. The fraction of sp³-hybridized carbons (Fsp3) is 0.462. The van der Waals surface area contributed by atoms with Crippen LogP contribution < -0.4 is 5.73 Å². The zero-order valence-corrected chi connectivity index (χ0v) is 9.53. The standard InChI is InChI=1S/C13H17NO2/c1-2-16-12(15)13(14)8-7-10-5-3-4-6-11(10)9-13/h3-6H,2,7-9,14H2,1H3. The maximum atomic E-state index is 11.8. The average molecular weight is 219 g/mol. The Kier molecular flexibility index (Phi) is 2.97. The zero-order valence-electron chi connectivity index (χ0n) is 9.53. The average Bonchev–Trinajstić information content (AvgIpc) is 2.29. The van der Waals surface area contributed by atoms with Gasteiger partial charge in [-0.1, -0.05) is 24.3 Å². The molecule has 1 aliphatic rings. The quantitative estimate of drug-likeness (QED) is 0.766. The van der Waals surface area contributed by atoms with E-state index in [2.05, 4.69) is 6.07 Å². The summed E-state index contributed by atoms with van der Waals surface area (Å²) in [6, 6.07) is 8.14. The van der Waals surface area contributed by atoms with E-state index >= 15 is 0 Å². The molecule has 0 aliphatic heterocycles. The number of ether oxygens (including phenoxy) is 1. The van der Waals surface area contributed by atoms with Crippen LogP contribution in [0.15, 0.2) is 24.3 Å². The van der Waals surface area contributed by atoms with Crippen LogP contribution in [0.1, 0.15) is 24.5 Å². The maximum absolute atomic E-state index is 11.8. The first-order valence-electron chi connectivity index (χ1n) is 5.68. The largest absolute Gasteiger partial charge is 0.465 e. The molecule has 3 heteroatoms. The van der Waals surface area contributed by atoms with Crippen molar-refractivity contribution in [3.05, 3.63) is 35.4 Å². The molecule has 2 rings (SSSR count). The number of carbonyl (C=O) groups is 1. The van der Waals surface area contributed by atoms with Gasteiger partial charge in [0.15, 0.2) is 0 Å². The van der Waals surface area contributed by atoms with Gasteiger partial charge in [-0.15, -0.1) is 0 Å². The number of benzene rings is 1. The Bertz CT molecular complexity index is 403. The van der Waals surface area contributed by atoms with Crippen LogP contribution in [0.3, 0.4) is 0 Å². The Hall–Kier alpha value is -1.35. The van der Waals surface area contributed by atoms with Crippen molar-refractivity contribution < 1.29 is 9.53 Å². The Balaban J connectivity index is 2.21. The first-order chi connectivity index (χ1) is 7.65. The van der Waals surface area contributed by atoms with Crippen LogP contribution in [0.4, 0.5) is 0 Å². The van der Waals surface area contributed by atoms with E-state index < -0.39 is 5.54 Å². The van der Waals surface area contributed by atoms with Crippen molar-refractivity contribution >= 4 is 5.97 Å². The number of hydrogen-bond acceptors (Lipinski definition) is 3. The SMILES string of the molecule is CCOC(=O)C1(N)CCc2ccccc2C1. The maximum Gasteiger partial charge on any atom is 0.326 e. The first-order valence-corrected chi connectivity index (χ1v) is 5.68. The molecule has 1 aliphatic carbocycles. The molecule has 1 aromatic carbocycles.